The maximum Gasteiger partial charge on any atom is 0.328 e. The van der Waals surface area contributed by atoms with Crippen molar-refractivity contribution in [3.05, 3.63) is 0 Å². The summed E-state index contributed by atoms with van der Waals surface area (Å²) in [6, 6.07) is -1.92. The Hall–Kier alpha value is -1.44. The van der Waals surface area contributed by atoms with E-state index < -0.39 is 30.4 Å². The summed E-state index contributed by atoms with van der Waals surface area (Å²) >= 11 is 0. The molecule has 20 heavy (non-hydrogen) atoms. The molecule has 6 nitrogen and oxygen atoms in total. The number of halogens is 2. The number of nitrogens with zero attached hydrogens (tertiary/aromatic N) is 1. The first kappa shape index (κ1) is 16.6. The second kappa shape index (κ2) is 7.37. The molecule has 0 bridgehead atoms. The molecule has 1 aliphatic heterocycles. The highest BCUT2D eigenvalue weighted by Gasteiger charge is 2.33. The highest BCUT2D eigenvalue weighted by molar-refractivity contribution is 5.83. The van der Waals surface area contributed by atoms with Crippen LogP contribution in [0.1, 0.15) is 19.8 Å². The number of hydrogen-bond donors (Lipinski definition) is 1. The van der Waals surface area contributed by atoms with Crippen molar-refractivity contribution in [1.29, 1.82) is 0 Å². The lowest BCUT2D eigenvalue weighted by molar-refractivity contribution is -0.145. The number of ether oxygens (including phenoxy) is 2. The van der Waals surface area contributed by atoms with Crippen LogP contribution < -0.4 is 5.32 Å². The zero-order valence-electron chi connectivity index (χ0n) is 11.7. The summed E-state index contributed by atoms with van der Waals surface area (Å²) in [5.74, 6) is -3.96. The van der Waals surface area contributed by atoms with Gasteiger partial charge in [-0.05, 0) is 13.3 Å². The topological polar surface area (TPSA) is 67.9 Å². The molecule has 0 saturated carbocycles. The lowest BCUT2D eigenvalue weighted by atomic mass is 10.1. The van der Waals surface area contributed by atoms with Crippen molar-refractivity contribution in [2.75, 3.05) is 33.4 Å². The van der Waals surface area contributed by atoms with Crippen LogP contribution in [0.4, 0.5) is 13.6 Å². The average Bonchev–Trinajstić information content (AvgIpc) is 2.64. The highest BCUT2D eigenvalue weighted by Crippen LogP contribution is 2.19. The minimum absolute atomic E-state index is 0.363. The lowest BCUT2D eigenvalue weighted by Crippen LogP contribution is -2.50. The normalized spacial score (nSPS) is 18.1. The maximum atomic E-state index is 13.0. The molecule has 0 unspecified atom stereocenters. The van der Waals surface area contributed by atoms with Crippen LogP contribution in [0.3, 0.4) is 0 Å². The van der Waals surface area contributed by atoms with Crippen LogP contribution in [0.5, 0.6) is 0 Å². The molecule has 2 amide bonds. The molecule has 1 heterocycles. The third-order valence-corrected chi connectivity index (χ3v) is 2.86. The molecule has 0 radical (unpaired) electrons. The second-order valence-electron chi connectivity index (χ2n) is 4.75. The molecule has 0 aromatic carbocycles. The van der Waals surface area contributed by atoms with E-state index in [1.165, 1.54) is 4.90 Å². The average molecular weight is 294 g/mol. The summed E-state index contributed by atoms with van der Waals surface area (Å²) in [4.78, 5) is 24.9. The van der Waals surface area contributed by atoms with Gasteiger partial charge in [0.25, 0.3) is 0 Å². The summed E-state index contributed by atoms with van der Waals surface area (Å²) in [5.41, 5.74) is 0. The number of carbonyl (C=O) groups excluding carboxylic acids is 2. The van der Waals surface area contributed by atoms with E-state index in [0.29, 0.717) is 39.6 Å². The molecule has 0 aliphatic carbocycles. The molecule has 1 atom stereocenters. The van der Waals surface area contributed by atoms with Gasteiger partial charge in [0.05, 0.1) is 13.7 Å². The van der Waals surface area contributed by atoms with E-state index in [2.05, 4.69) is 10.1 Å². The molecule has 0 spiro atoms. The fourth-order valence-electron chi connectivity index (χ4n) is 1.88. The Kier molecular flexibility index (Phi) is 6.12. The summed E-state index contributed by atoms with van der Waals surface area (Å²) in [5, 5.41) is 2.30. The van der Waals surface area contributed by atoms with Gasteiger partial charge in [-0.15, -0.1) is 0 Å². The molecule has 0 aromatic heterocycles. The molecule has 0 aromatic rings. The van der Waals surface area contributed by atoms with Gasteiger partial charge in [0, 0.05) is 26.1 Å². The number of esters is 1. The molecule has 116 valence electrons. The second-order valence-corrected chi connectivity index (χ2v) is 4.75. The van der Waals surface area contributed by atoms with Gasteiger partial charge >= 0.3 is 12.0 Å². The minimum Gasteiger partial charge on any atom is -0.467 e. The fraction of sp³-hybridized carbons (Fsp3) is 0.833. The van der Waals surface area contributed by atoms with Crippen molar-refractivity contribution in [3.8, 4) is 0 Å². The number of hydrogen-bond acceptors (Lipinski definition) is 4. The predicted octanol–water partition coefficient (Wildman–Crippen LogP) is 1.01. The molecular formula is C12H20F2N2O4. The van der Waals surface area contributed by atoms with Gasteiger partial charge in [-0.2, -0.15) is 0 Å². The smallest absolute Gasteiger partial charge is 0.328 e. The van der Waals surface area contributed by atoms with Crippen molar-refractivity contribution in [2.24, 2.45) is 0 Å². The fourth-order valence-corrected chi connectivity index (χ4v) is 1.88. The molecule has 1 saturated heterocycles. The Morgan fingerprint density at radius 3 is 2.70 bits per heavy atom. The molecule has 1 aliphatic rings. The van der Waals surface area contributed by atoms with E-state index in [9.17, 15) is 18.4 Å². The van der Waals surface area contributed by atoms with Crippen LogP contribution in [0, 0.1) is 0 Å². The van der Waals surface area contributed by atoms with Gasteiger partial charge in [-0.1, -0.05) is 0 Å². The van der Waals surface area contributed by atoms with Crippen LogP contribution in [-0.4, -0.2) is 62.3 Å². The van der Waals surface area contributed by atoms with Gasteiger partial charge < -0.3 is 19.7 Å². The molecule has 1 fully saturated rings. The van der Waals surface area contributed by atoms with Crippen molar-refractivity contribution in [2.45, 2.75) is 31.7 Å². The summed E-state index contributed by atoms with van der Waals surface area (Å²) < 4.78 is 35.7. The molecule has 8 heteroatoms. The standard InChI is InChI=1S/C12H20F2N2O4/c1-12(13,14)8-9(10(17)19-2)15-11(18)16-4-3-6-20-7-5-16/h9H,3-8H2,1-2H3,(H,15,18)/t9-/m0/s1. The Bertz CT molecular complexity index is 339. The van der Waals surface area contributed by atoms with Crippen LogP contribution in [-0.2, 0) is 14.3 Å². The van der Waals surface area contributed by atoms with Crippen LogP contribution >= 0.6 is 0 Å². The largest absolute Gasteiger partial charge is 0.467 e. The van der Waals surface area contributed by atoms with E-state index >= 15 is 0 Å². The van der Waals surface area contributed by atoms with Crippen molar-refractivity contribution in [3.63, 3.8) is 0 Å². The monoisotopic (exact) mass is 294 g/mol. The van der Waals surface area contributed by atoms with Crippen molar-refractivity contribution < 1.29 is 27.8 Å². The summed E-state index contributed by atoms with van der Waals surface area (Å²) in [6.07, 6.45) is -0.129. The van der Waals surface area contributed by atoms with Crippen LogP contribution in [0.15, 0.2) is 0 Å². The molecule has 1 rings (SSSR count). The van der Waals surface area contributed by atoms with Crippen molar-refractivity contribution in [1.82, 2.24) is 10.2 Å². The molecular weight excluding hydrogens is 274 g/mol. The first-order valence-corrected chi connectivity index (χ1v) is 6.42. The maximum absolute atomic E-state index is 13.0. The Morgan fingerprint density at radius 1 is 1.40 bits per heavy atom. The zero-order chi connectivity index (χ0) is 15.2. The van der Waals surface area contributed by atoms with E-state index in [0.717, 1.165) is 7.11 Å². The summed E-state index contributed by atoms with van der Waals surface area (Å²) in [7, 11) is 1.09. The van der Waals surface area contributed by atoms with Gasteiger partial charge in [-0.25, -0.2) is 18.4 Å². The third kappa shape index (κ3) is 5.68. The summed E-state index contributed by atoms with van der Waals surface area (Å²) in [6.45, 7) is 2.46. The molecule has 1 N–H and O–H groups in total. The lowest BCUT2D eigenvalue weighted by Gasteiger charge is -2.25. The van der Waals surface area contributed by atoms with Crippen LogP contribution in [0.25, 0.3) is 0 Å². The Labute approximate surface area is 116 Å². The number of methoxy groups -OCH3 is 1. The minimum atomic E-state index is -3.08. The number of rotatable bonds is 4. The predicted molar refractivity (Wildman–Crippen MR) is 66.6 cm³/mol. The van der Waals surface area contributed by atoms with Gasteiger partial charge in [0.1, 0.15) is 6.04 Å². The van der Waals surface area contributed by atoms with E-state index in [1.54, 1.807) is 0 Å². The highest BCUT2D eigenvalue weighted by atomic mass is 19.3. The van der Waals surface area contributed by atoms with Gasteiger partial charge in [-0.3, -0.25) is 0 Å². The number of carbonyl (C=O) groups is 2. The number of urea groups is 1. The number of nitrogens with one attached hydrogen (secondary N) is 1. The third-order valence-electron chi connectivity index (χ3n) is 2.86. The van der Waals surface area contributed by atoms with Gasteiger partial charge in [0.2, 0.25) is 5.92 Å². The Balaban J connectivity index is 2.63. The quantitative estimate of drug-likeness (QED) is 0.786. The van der Waals surface area contributed by atoms with E-state index in [4.69, 9.17) is 4.74 Å². The first-order chi connectivity index (χ1) is 9.33. The number of alkyl halides is 2. The van der Waals surface area contributed by atoms with E-state index in [-0.39, 0.29) is 0 Å². The van der Waals surface area contributed by atoms with Crippen LogP contribution in [0.2, 0.25) is 0 Å². The number of amides is 2. The SMILES string of the molecule is COC(=O)[C@H](CC(C)(F)F)NC(=O)N1CCCOCC1. The zero-order valence-corrected chi connectivity index (χ0v) is 11.7. The van der Waals surface area contributed by atoms with Gasteiger partial charge in [0.15, 0.2) is 0 Å². The first-order valence-electron chi connectivity index (χ1n) is 6.42. The Morgan fingerprint density at radius 2 is 2.10 bits per heavy atom. The van der Waals surface area contributed by atoms with E-state index in [1.807, 2.05) is 0 Å². The van der Waals surface area contributed by atoms with Crippen molar-refractivity contribution >= 4 is 12.0 Å².